The van der Waals surface area contributed by atoms with Gasteiger partial charge in [0.1, 0.15) is 5.52 Å². The summed E-state index contributed by atoms with van der Waals surface area (Å²) in [6, 6.07) is 5.72. The molecule has 3 nitrogen and oxygen atoms in total. The maximum atomic E-state index is 12.6. The van der Waals surface area contributed by atoms with E-state index in [4.69, 9.17) is 16.0 Å². The van der Waals surface area contributed by atoms with Crippen molar-refractivity contribution in [2.75, 3.05) is 18.0 Å². The average Bonchev–Trinajstić information content (AvgIpc) is 2.81. The fourth-order valence-corrected chi connectivity index (χ4v) is 2.53. The molecule has 0 spiro atoms. The van der Waals surface area contributed by atoms with E-state index in [1.54, 1.807) is 18.2 Å². The highest BCUT2D eigenvalue weighted by Crippen LogP contribution is 2.29. The monoisotopic (exact) mass is 286 g/mol. The number of nitrogens with zero attached hydrogens (tertiary/aromatic N) is 2. The number of alkyl halides is 2. The smallest absolute Gasteiger partial charge is 0.298 e. The summed E-state index contributed by atoms with van der Waals surface area (Å²) >= 11 is 5.89. The highest BCUT2D eigenvalue weighted by atomic mass is 35.5. The van der Waals surface area contributed by atoms with Crippen LogP contribution in [0.4, 0.5) is 14.8 Å². The number of piperidine rings is 1. The molecule has 0 atom stereocenters. The first kappa shape index (κ1) is 12.7. The van der Waals surface area contributed by atoms with Crippen LogP contribution in [0.1, 0.15) is 12.8 Å². The minimum absolute atomic E-state index is 0.469. The molecule has 0 unspecified atom stereocenters. The highest BCUT2D eigenvalue weighted by Gasteiger charge is 2.28. The lowest BCUT2D eigenvalue weighted by Gasteiger charge is -2.30. The van der Waals surface area contributed by atoms with Gasteiger partial charge in [0.2, 0.25) is 6.43 Å². The third-order valence-corrected chi connectivity index (χ3v) is 3.74. The number of oxazole rings is 1. The molecule has 0 aliphatic carbocycles. The fourth-order valence-electron chi connectivity index (χ4n) is 2.37. The molecule has 0 N–H and O–H groups in total. The number of halogens is 3. The first-order chi connectivity index (χ1) is 9.13. The molecule has 3 rings (SSSR count). The highest BCUT2D eigenvalue weighted by molar-refractivity contribution is 6.31. The standard InChI is InChI=1S/C13H13ClF2N2O/c14-9-1-2-11-10(7-9)17-13(19-11)18-5-3-8(4-6-18)12(15)16/h1-2,7-8,12H,3-6H2. The molecule has 1 saturated heterocycles. The van der Waals surface area contributed by atoms with Gasteiger partial charge in [-0.15, -0.1) is 0 Å². The van der Waals surface area contributed by atoms with Crippen LogP contribution in [0.2, 0.25) is 5.02 Å². The van der Waals surface area contributed by atoms with E-state index >= 15 is 0 Å². The van der Waals surface area contributed by atoms with Crippen molar-refractivity contribution < 1.29 is 13.2 Å². The van der Waals surface area contributed by atoms with E-state index in [0.717, 1.165) is 0 Å². The third kappa shape index (κ3) is 2.52. The van der Waals surface area contributed by atoms with Gasteiger partial charge in [0, 0.05) is 24.0 Å². The normalized spacial score (nSPS) is 17.6. The molecule has 1 aromatic heterocycles. The Bertz CT molecular complexity index is 579. The Morgan fingerprint density at radius 3 is 2.74 bits per heavy atom. The molecule has 6 heteroatoms. The second-order valence-corrected chi connectivity index (χ2v) is 5.20. The molecule has 19 heavy (non-hydrogen) atoms. The lowest BCUT2D eigenvalue weighted by atomic mass is 9.98. The Morgan fingerprint density at radius 1 is 1.32 bits per heavy atom. The zero-order valence-electron chi connectivity index (χ0n) is 10.2. The number of aromatic nitrogens is 1. The van der Waals surface area contributed by atoms with E-state index in [-0.39, 0.29) is 0 Å². The minimum Gasteiger partial charge on any atom is -0.423 e. The molecule has 1 fully saturated rings. The Hall–Kier alpha value is -1.36. The Labute approximate surface area is 114 Å². The molecule has 2 aromatic rings. The van der Waals surface area contributed by atoms with Crippen LogP contribution in [0.25, 0.3) is 11.1 Å². The first-order valence-electron chi connectivity index (χ1n) is 6.22. The lowest BCUT2D eigenvalue weighted by molar-refractivity contribution is 0.0631. The number of hydrogen-bond donors (Lipinski definition) is 0. The van der Waals surface area contributed by atoms with Gasteiger partial charge >= 0.3 is 0 Å². The second-order valence-electron chi connectivity index (χ2n) is 4.77. The largest absolute Gasteiger partial charge is 0.423 e. The van der Waals surface area contributed by atoms with Crippen molar-refractivity contribution in [1.82, 2.24) is 4.98 Å². The Morgan fingerprint density at radius 2 is 2.05 bits per heavy atom. The summed E-state index contributed by atoms with van der Waals surface area (Å²) in [5.74, 6) is -0.505. The quantitative estimate of drug-likeness (QED) is 0.837. The van der Waals surface area contributed by atoms with Crippen LogP contribution in [0.5, 0.6) is 0 Å². The van der Waals surface area contributed by atoms with Crippen LogP contribution in [-0.2, 0) is 0 Å². The number of anilines is 1. The molecule has 0 bridgehead atoms. The zero-order chi connectivity index (χ0) is 13.4. The SMILES string of the molecule is FC(F)C1CCN(c2nc3cc(Cl)ccc3o2)CC1. The third-order valence-electron chi connectivity index (χ3n) is 3.50. The summed E-state index contributed by atoms with van der Waals surface area (Å²) in [5, 5.41) is 0.601. The Kier molecular flexibility index (Phi) is 3.31. The van der Waals surface area contributed by atoms with Crippen molar-refractivity contribution in [3.05, 3.63) is 23.2 Å². The number of rotatable bonds is 2. The topological polar surface area (TPSA) is 29.3 Å². The van der Waals surface area contributed by atoms with E-state index in [0.29, 0.717) is 48.1 Å². The Balaban J connectivity index is 1.78. The molecular formula is C13H13ClF2N2O. The minimum atomic E-state index is -2.23. The molecule has 1 aromatic carbocycles. The van der Waals surface area contributed by atoms with Gasteiger partial charge in [0.15, 0.2) is 5.58 Å². The van der Waals surface area contributed by atoms with E-state index in [9.17, 15) is 8.78 Å². The molecule has 1 aliphatic rings. The van der Waals surface area contributed by atoms with E-state index in [2.05, 4.69) is 4.98 Å². The predicted molar refractivity (Wildman–Crippen MR) is 70.0 cm³/mol. The molecule has 0 radical (unpaired) electrons. The van der Waals surface area contributed by atoms with E-state index in [1.807, 2.05) is 4.90 Å². The van der Waals surface area contributed by atoms with Crippen LogP contribution in [0.3, 0.4) is 0 Å². The van der Waals surface area contributed by atoms with Gasteiger partial charge in [-0.1, -0.05) is 11.6 Å². The van der Waals surface area contributed by atoms with E-state index in [1.165, 1.54) is 0 Å². The number of fused-ring (bicyclic) bond motifs is 1. The lowest BCUT2D eigenvalue weighted by Crippen LogP contribution is -2.36. The van der Waals surface area contributed by atoms with Crippen molar-refractivity contribution >= 4 is 28.7 Å². The second kappa shape index (κ2) is 4.96. The van der Waals surface area contributed by atoms with Crippen LogP contribution < -0.4 is 4.90 Å². The number of hydrogen-bond acceptors (Lipinski definition) is 3. The number of benzene rings is 1. The van der Waals surface area contributed by atoms with Gasteiger partial charge < -0.3 is 9.32 Å². The van der Waals surface area contributed by atoms with Crippen molar-refractivity contribution in [3.63, 3.8) is 0 Å². The van der Waals surface area contributed by atoms with Crippen LogP contribution in [0, 0.1) is 5.92 Å². The maximum absolute atomic E-state index is 12.6. The summed E-state index contributed by atoms with van der Waals surface area (Å²) in [5.41, 5.74) is 1.36. The predicted octanol–water partition coefficient (Wildman–Crippen LogP) is 3.96. The fraction of sp³-hybridized carbons (Fsp3) is 0.462. The van der Waals surface area contributed by atoms with Crippen molar-refractivity contribution in [2.45, 2.75) is 19.3 Å². The van der Waals surface area contributed by atoms with Gasteiger partial charge in [-0.3, -0.25) is 0 Å². The van der Waals surface area contributed by atoms with Gasteiger partial charge in [-0.05, 0) is 31.0 Å². The molecule has 0 saturated carbocycles. The summed E-state index contributed by atoms with van der Waals surface area (Å²) in [6.45, 7) is 1.10. The van der Waals surface area contributed by atoms with Gasteiger partial charge in [0.05, 0.1) is 0 Å². The van der Waals surface area contributed by atoms with Crippen LogP contribution >= 0.6 is 11.6 Å². The maximum Gasteiger partial charge on any atom is 0.298 e. The van der Waals surface area contributed by atoms with Gasteiger partial charge in [-0.25, -0.2) is 8.78 Å². The summed E-state index contributed by atoms with van der Waals surface area (Å²) in [6.07, 6.45) is -1.29. The molecule has 1 aliphatic heterocycles. The molecule has 0 amide bonds. The first-order valence-corrected chi connectivity index (χ1v) is 6.60. The average molecular weight is 287 g/mol. The van der Waals surface area contributed by atoms with Gasteiger partial charge in [-0.2, -0.15) is 4.98 Å². The zero-order valence-corrected chi connectivity index (χ0v) is 10.9. The summed E-state index contributed by atoms with van der Waals surface area (Å²) in [4.78, 5) is 6.26. The van der Waals surface area contributed by atoms with Crippen LogP contribution in [-0.4, -0.2) is 24.5 Å². The van der Waals surface area contributed by atoms with Crippen molar-refractivity contribution in [2.24, 2.45) is 5.92 Å². The molecule has 2 heterocycles. The van der Waals surface area contributed by atoms with Crippen LogP contribution in [0.15, 0.2) is 22.6 Å². The van der Waals surface area contributed by atoms with E-state index < -0.39 is 12.3 Å². The molecular weight excluding hydrogens is 274 g/mol. The molecule has 102 valence electrons. The summed E-state index contributed by atoms with van der Waals surface area (Å²) < 4.78 is 30.8. The van der Waals surface area contributed by atoms with Crippen molar-refractivity contribution in [1.29, 1.82) is 0 Å². The van der Waals surface area contributed by atoms with Crippen molar-refractivity contribution in [3.8, 4) is 0 Å². The van der Waals surface area contributed by atoms with Gasteiger partial charge in [0.25, 0.3) is 6.01 Å². The summed E-state index contributed by atoms with van der Waals surface area (Å²) in [7, 11) is 0.